The predicted molar refractivity (Wildman–Crippen MR) is 135 cm³/mol. The molecular weight excluding hydrogens is 486 g/mol. The van der Waals surface area contributed by atoms with E-state index in [9.17, 15) is 20.2 Å². The maximum absolute atomic E-state index is 12.7. The second kappa shape index (κ2) is 11.7. The van der Waals surface area contributed by atoms with Gasteiger partial charge in [-0.2, -0.15) is 5.26 Å². The third-order valence-electron chi connectivity index (χ3n) is 5.08. The van der Waals surface area contributed by atoms with Crippen LogP contribution in [0.5, 0.6) is 17.2 Å². The highest BCUT2D eigenvalue weighted by Gasteiger charge is 2.20. The number of ether oxygens (including phenoxy) is 3. The number of nitro groups is 1. The third kappa shape index (κ3) is 6.31. The van der Waals surface area contributed by atoms with E-state index in [-0.39, 0.29) is 34.3 Å². The fourth-order valence-corrected chi connectivity index (χ4v) is 3.48. The first-order valence-corrected chi connectivity index (χ1v) is 10.9. The Morgan fingerprint density at radius 2 is 1.86 bits per heavy atom. The molecule has 0 unspecified atom stereocenters. The van der Waals surface area contributed by atoms with E-state index in [1.807, 2.05) is 31.2 Å². The zero-order valence-corrected chi connectivity index (χ0v) is 20.5. The standard InChI is InChI=1S/C26H22ClN3O6/c1-16-4-6-17(7-5-16)15-36-25-21(27)11-18(12-24(25)35-3)10-19(14-28)26(31)29-22-9-8-20(34-2)13-23(22)30(32)33/h4-13H,15H2,1-3H3,(H,29,31)/b19-10+. The van der Waals surface area contributed by atoms with Gasteiger partial charge in [0.25, 0.3) is 11.6 Å². The number of anilines is 1. The van der Waals surface area contributed by atoms with Gasteiger partial charge in [-0.15, -0.1) is 0 Å². The molecule has 3 aromatic rings. The Balaban J connectivity index is 1.84. The van der Waals surface area contributed by atoms with Gasteiger partial charge in [-0.05, 0) is 48.4 Å². The number of rotatable bonds is 9. The van der Waals surface area contributed by atoms with Crippen molar-refractivity contribution < 1.29 is 23.9 Å². The SMILES string of the molecule is COc1ccc(NC(=O)/C(C#N)=C/c2cc(Cl)c(OCc3ccc(C)cc3)c(OC)c2)c([N+](=O)[O-])c1. The molecule has 0 aliphatic rings. The number of amides is 1. The molecule has 0 aliphatic heterocycles. The molecule has 0 spiro atoms. The summed E-state index contributed by atoms with van der Waals surface area (Å²) in [6.45, 7) is 2.25. The largest absolute Gasteiger partial charge is 0.496 e. The van der Waals surface area contributed by atoms with Gasteiger partial charge in [0, 0.05) is 0 Å². The van der Waals surface area contributed by atoms with E-state index in [2.05, 4.69) is 5.32 Å². The molecule has 0 fully saturated rings. The second-order valence-corrected chi connectivity index (χ2v) is 7.98. The summed E-state index contributed by atoms with van der Waals surface area (Å²) in [6.07, 6.45) is 1.29. The van der Waals surface area contributed by atoms with E-state index in [4.69, 9.17) is 25.8 Å². The molecule has 184 valence electrons. The Bertz CT molecular complexity index is 1360. The Hall–Kier alpha value is -4.55. The molecule has 0 heterocycles. The molecule has 0 aromatic heterocycles. The van der Waals surface area contributed by atoms with Crippen molar-refractivity contribution in [3.8, 4) is 23.3 Å². The lowest BCUT2D eigenvalue weighted by Crippen LogP contribution is -2.14. The molecule has 0 atom stereocenters. The van der Waals surface area contributed by atoms with Gasteiger partial charge in [0.2, 0.25) is 0 Å². The predicted octanol–water partition coefficient (Wildman–Crippen LogP) is 5.70. The van der Waals surface area contributed by atoms with Crippen LogP contribution < -0.4 is 19.5 Å². The summed E-state index contributed by atoms with van der Waals surface area (Å²) in [5, 5.41) is 23.5. The van der Waals surface area contributed by atoms with Crippen molar-refractivity contribution in [2.75, 3.05) is 19.5 Å². The molecule has 36 heavy (non-hydrogen) atoms. The van der Waals surface area contributed by atoms with Gasteiger partial charge in [-0.1, -0.05) is 41.4 Å². The van der Waals surface area contributed by atoms with Gasteiger partial charge in [-0.3, -0.25) is 14.9 Å². The first-order chi connectivity index (χ1) is 17.2. The van der Waals surface area contributed by atoms with Crippen LogP contribution in [0, 0.1) is 28.4 Å². The zero-order valence-electron chi connectivity index (χ0n) is 19.7. The molecule has 1 amide bonds. The first kappa shape index (κ1) is 26.1. The first-order valence-electron chi connectivity index (χ1n) is 10.6. The summed E-state index contributed by atoms with van der Waals surface area (Å²) in [7, 11) is 2.81. The number of hydrogen-bond donors (Lipinski definition) is 1. The van der Waals surface area contributed by atoms with Gasteiger partial charge in [-0.25, -0.2) is 0 Å². The summed E-state index contributed by atoms with van der Waals surface area (Å²) < 4.78 is 16.2. The van der Waals surface area contributed by atoms with Gasteiger partial charge in [0.1, 0.15) is 29.7 Å². The topological polar surface area (TPSA) is 124 Å². The molecule has 0 radical (unpaired) electrons. The molecule has 9 nitrogen and oxygen atoms in total. The molecule has 0 aliphatic carbocycles. The van der Waals surface area contributed by atoms with E-state index in [1.165, 1.54) is 44.6 Å². The van der Waals surface area contributed by atoms with Crippen molar-refractivity contribution in [2.24, 2.45) is 0 Å². The van der Waals surface area contributed by atoms with E-state index in [0.717, 1.165) is 11.1 Å². The molecule has 3 aromatic carbocycles. The minimum Gasteiger partial charge on any atom is -0.496 e. The number of carbonyl (C=O) groups excluding carboxylic acids is 1. The average Bonchev–Trinajstić information content (AvgIpc) is 2.87. The lowest BCUT2D eigenvalue weighted by Gasteiger charge is -2.14. The number of carbonyl (C=O) groups is 1. The van der Waals surface area contributed by atoms with E-state index >= 15 is 0 Å². The maximum atomic E-state index is 12.7. The van der Waals surface area contributed by atoms with Crippen molar-refractivity contribution in [2.45, 2.75) is 13.5 Å². The van der Waals surface area contributed by atoms with Crippen LogP contribution in [0.4, 0.5) is 11.4 Å². The van der Waals surface area contributed by atoms with Crippen molar-refractivity contribution in [3.05, 3.63) is 92.0 Å². The molecule has 0 saturated carbocycles. The monoisotopic (exact) mass is 507 g/mol. The molecule has 3 rings (SSSR count). The minimum absolute atomic E-state index is 0.0811. The van der Waals surface area contributed by atoms with Crippen LogP contribution in [-0.2, 0) is 11.4 Å². The number of benzene rings is 3. The Morgan fingerprint density at radius 1 is 1.14 bits per heavy atom. The van der Waals surface area contributed by atoms with Gasteiger partial charge in [0.15, 0.2) is 11.5 Å². The second-order valence-electron chi connectivity index (χ2n) is 7.57. The minimum atomic E-state index is -0.833. The lowest BCUT2D eigenvalue weighted by molar-refractivity contribution is -0.384. The van der Waals surface area contributed by atoms with Crippen LogP contribution in [0.25, 0.3) is 6.08 Å². The van der Waals surface area contributed by atoms with E-state index in [1.54, 1.807) is 12.1 Å². The number of nitrogens with zero attached hydrogens (tertiary/aromatic N) is 2. The van der Waals surface area contributed by atoms with Crippen molar-refractivity contribution in [1.29, 1.82) is 5.26 Å². The quantitative estimate of drug-likeness (QED) is 0.170. The third-order valence-corrected chi connectivity index (χ3v) is 5.36. The summed E-state index contributed by atoms with van der Waals surface area (Å²) in [6, 6.07) is 16.7. The number of hydrogen-bond acceptors (Lipinski definition) is 7. The number of aryl methyl sites for hydroxylation is 1. The number of nitro benzene ring substituents is 1. The summed E-state index contributed by atoms with van der Waals surface area (Å²) in [4.78, 5) is 23.4. The van der Waals surface area contributed by atoms with Crippen molar-refractivity contribution in [1.82, 2.24) is 0 Å². The molecule has 1 N–H and O–H groups in total. The summed E-state index contributed by atoms with van der Waals surface area (Å²) >= 11 is 6.42. The number of nitriles is 1. The van der Waals surface area contributed by atoms with Crippen LogP contribution in [-0.4, -0.2) is 25.1 Å². The molecule has 0 saturated heterocycles. The van der Waals surface area contributed by atoms with Crippen LogP contribution >= 0.6 is 11.6 Å². The number of halogens is 1. The van der Waals surface area contributed by atoms with Crippen LogP contribution in [0.1, 0.15) is 16.7 Å². The number of methoxy groups -OCH3 is 2. The van der Waals surface area contributed by atoms with Gasteiger partial charge in [0.05, 0.1) is 30.2 Å². The fourth-order valence-electron chi connectivity index (χ4n) is 3.20. The van der Waals surface area contributed by atoms with Gasteiger partial charge < -0.3 is 19.5 Å². The normalized spacial score (nSPS) is 10.8. The maximum Gasteiger partial charge on any atom is 0.296 e. The number of nitrogens with one attached hydrogen (secondary N) is 1. The highest BCUT2D eigenvalue weighted by Crippen LogP contribution is 2.37. The molecular formula is C26H22ClN3O6. The zero-order chi connectivity index (χ0) is 26.2. The Kier molecular flexibility index (Phi) is 8.49. The smallest absolute Gasteiger partial charge is 0.296 e. The van der Waals surface area contributed by atoms with E-state index < -0.39 is 10.8 Å². The fraction of sp³-hybridized carbons (Fsp3) is 0.154. The van der Waals surface area contributed by atoms with E-state index in [0.29, 0.717) is 17.1 Å². The van der Waals surface area contributed by atoms with Crippen molar-refractivity contribution >= 4 is 35.0 Å². The van der Waals surface area contributed by atoms with Crippen LogP contribution in [0.15, 0.2) is 60.2 Å². The van der Waals surface area contributed by atoms with Crippen molar-refractivity contribution in [3.63, 3.8) is 0 Å². The lowest BCUT2D eigenvalue weighted by atomic mass is 10.1. The highest BCUT2D eigenvalue weighted by molar-refractivity contribution is 6.32. The highest BCUT2D eigenvalue weighted by atomic mass is 35.5. The average molecular weight is 508 g/mol. The molecule has 10 heteroatoms. The summed E-state index contributed by atoms with van der Waals surface area (Å²) in [5.41, 5.74) is 1.72. The Labute approximate surface area is 212 Å². The van der Waals surface area contributed by atoms with Gasteiger partial charge >= 0.3 is 0 Å². The molecule has 0 bridgehead atoms. The Morgan fingerprint density at radius 3 is 2.47 bits per heavy atom. The van der Waals surface area contributed by atoms with Crippen LogP contribution in [0.3, 0.4) is 0 Å². The summed E-state index contributed by atoms with van der Waals surface area (Å²) in [5.74, 6) is 0.0424. The van der Waals surface area contributed by atoms with Crippen LogP contribution in [0.2, 0.25) is 5.02 Å².